The molecule has 0 spiro atoms. The number of anilines is 1. The number of aromatic carboxylic acids is 1. The maximum atomic E-state index is 11.4. The van der Waals surface area contributed by atoms with Crippen LogP contribution >= 0.6 is 0 Å². The molecule has 22 heavy (non-hydrogen) atoms. The Morgan fingerprint density at radius 2 is 1.95 bits per heavy atom. The van der Waals surface area contributed by atoms with E-state index in [0.717, 1.165) is 5.56 Å². The summed E-state index contributed by atoms with van der Waals surface area (Å²) in [6.07, 6.45) is 1.24. The van der Waals surface area contributed by atoms with E-state index in [1.54, 1.807) is 0 Å². The summed E-state index contributed by atoms with van der Waals surface area (Å²) < 4.78 is 5.74. The van der Waals surface area contributed by atoms with Crippen LogP contribution in [0.1, 0.15) is 29.9 Å². The molecule has 6 nitrogen and oxygen atoms in total. The van der Waals surface area contributed by atoms with E-state index in [-0.39, 0.29) is 24.1 Å². The topological polar surface area (TPSA) is 75.6 Å². The molecule has 1 heterocycles. The van der Waals surface area contributed by atoms with Crippen LogP contribution in [-0.2, 0) is 6.61 Å². The fraction of sp³-hybridized carbons (Fsp3) is 0.312. The van der Waals surface area contributed by atoms with Crippen molar-refractivity contribution in [1.82, 2.24) is 9.97 Å². The second kappa shape index (κ2) is 6.89. The molecule has 0 saturated heterocycles. The summed E-state index contributed by atoms with van der Waals surface area (Å²) in [6.45, 7) is 4.24. The maximum absolute atomic E-state index is 11.4. The van der Waals surface area contributed by atoms with Gasteiger partial charge in [-0.2, -0.15) is 0 Å². The average molecular weight is 301 g/mol. The molecule has 0 bridgehead atoms. The Hall–Kier alpha value is -2.63. The normalized spacial score (nSPS) is 10.5. The molecule has 0 aliphatic heterocycles. The number of aromatic nitrogens is 2. The summed E-state index contributed by atoms with van der Waals surface area (Å²) in [5.41, 5.74) is 0.814. The lowest BCUT2D eigenvalue weighted by Crippen LogP contribution is -2.28. The monoisotopic (exact) mass is 301 g/mol. The quantitative estimate of drug-likeness (QED) is 0.884. The molecule has 0 radical (unpaired) electrons. The SMILES string of the molecule is CC(C)N(C)c1ncnc(C(=O)O)c1OCc1ccccc1. The van der Waals surface area contributed by atoms with Gasteiger partial charge in [-0.25, -0.2) is 14.8 Å². The van der Waals surface area contributed by atoms with Gasteiger partial charge in [0.15, 0.2) is 17.3 Å². The van der Waals surface area contributed by atoms with E-state index in [9.17, 15) is 9.90 Å². The predicted molar refractivity (Wildman–Crippen MR) is 83.3 cm³/mol. The lowest BCUT2D eigenvalue weighted by Gasteiger charge is -2.25. The molecule has 0 fully saturated rings. The average Bonchev–Trinajstić information content (AvgIpc) is 2.52. The van der Waals surface area contributed by atoms with Gasteiger partial charge in [0.2, 0.25) is 0 Å². The zero-order valence-corrected chi connectivity index (χ0v) is 12.9. The van der Waals surface area contributed by atoms with Crippen molar-refractivity contribution >= 4 is 11.8 Å². The summed E-state index contributed by atoms with van der Waals surface area (Å²) in [6, 6.07) is 9.69. The smallest absolute Gasteiger partial charge is 0.358 e. The molecule has 0 aliphatic rings. The fourth-order valence-corrected chi connectivity index (χ4v) is 1.88. The standard InChI is InChI=1S/C16H19N3O3/c1-11(2)19(3)15-14(13(16(20)21)17-10-18-15)22-9-12-7-5-4-6-8-12/h4-8,10-11H,9H2,1-3H3,(H,20,21). The Morgan fingerprint density at radius 1 is 1.27 bits per heavy atom. The van der Waals surface area contributed by atoms with Crippen molar-refractivity contribution < 1.29 is 14.6 Å². The number of carbonyl (C=O) groups is 1. The van der Waals surface area contributed by atoms with Gasteiger partial charge in [-0.15, -0.1) is 0 Å². The number of carboxylic acid groups (broad SMARTS) is 1. The van der Waals surface area contributed by atoms with Crippen LogP contribution in [0.3, 0.4) is 0 Å². The number of carboxylic acids is 1. The largest absolute Gasteiger partial charge is 0.483 e. The fourth-order valence-electron chi connectivity index (χ4n) is 1.88. The van der Waals surface area contributed by atoms with Crippen LogP contribution in [0.5, 0.6) is 5.75 Å². The molecule has 1 aromatic carbocycles. The van der Waals surface area contributed by atoms with Gasteiger partial charge in [0.05, 0.1) is 0 Å². The van der Waals surface area contributed by atoms with Gasteiger partial charge in [-0.05, 0) is 19.4 Å². The highest BCUT2D eigenvalue weighted by Crippen LogP contribution is 2.29. The lowest BCUT2D eigenvalue weighted by molar-refractivity contribution is 0.0684. The van der Waals surface area contributed by atoms with Crippen molar-refractivity contribution in [2.75, 3.05) is 11.9 Å². The lowest BCUT2D eigenvalue weighted by atomic mass is 10.2. The van der Waals surface area contributed by atoms with Crippen molar-refractivity contribution in [3.8, 4) is 5.75 Å². The minimum atomic E-state index is -1.14. The Balaban J connectivity index is 2.35. The van der Waals surface area contributed by atoms with Crippen LogP contribution in [0.4, 0.5) is 5.82 Å². The molecule has 0 atom stereocenters. The highest BCUT2D eigenvalue weighted by atomic mass is 16.5. The summed E-state index contributed by atoms with van der Waals surface area (Å²) in [5, 5.41) is 9.32. The van der Waals surface area contributed by atoms with E-state index in [0.29, 0.717) is 5.82 Å². The minimum absolute atomic E-state index is 0.131. The highest BCUT2D eigenvalue weighted by molar-refractivity contribution is 5.90. The first-order valence-electron chi connectivity index (χ1n) is 6.98. The van der Waals surface area contributed by atoms with E-state index < -0.39 is 5.97 Å². The van der Waals surface area contributed by atoms with Crippen molar-refractivity contribution in [1.29, 1.82) is 0 Å². The van der Waals surface area contributed by atoms with Crippen LogP contribution < -0.4 is 9.64 Å². The van der Waals surface area contributed by atoms with Crippen molar-refractivity contribution in [2.45, 2.75) is 26.5 Å². The molecule has 0 aliphatic carbocycles. The number of nitrogens with zero attached hydrogens (tertiary/aromatic N) is 3. The van der Waals surface area contributed by atoms with Gasteiger partial charge >= 0.3 is 5.97 Å². The van der Waals surface area contributed by atoms with E-state index >= 15 is 0 Å². The van der Waals surface area contributed by atoms with Crippen LogP contribution in [0.25, 0.3) is 0 Å². The van der Waals surface area contributed by atoms with E-state index in [1.807, 2.05) is 56.1 Å². The number of rotatable bonds is 6. The van der Waals surface area contributed by atoms with Crippen LogP contribution in [0.15, 0.2) is 36.7 Å². The van der Waals surface area contributed by atoms with Crippen molar-refractivity contribution in [3.63, 3.8) is 0 Å². The van der Waals surface area contributed by atoms with Gasteiger partial charge < -0.3 is 14.7 Å². The third-order valence-electron chi connectivity index (χ3n) is 3.32. The third-order valence-corrected chi connectivity index (χ3v) is 3.32. The molecule has 0 amide bonds. The second-order valence-electron chi connectivity index (χ2n) is 5.16. The number of ether oxygens (including phenoxy) is 1. The van der Waals surface area contributed by atoms with Crippen molar-refractivity contribution in [3.05, 3.63) is 47.9 Å². The Labute approximate surface area is 129 Å². The zero-order chi connectivity index (χ0) is 16.1. The van der Waals surface area contributed by atoms with Gasteiger partial charge in [-0.1, -0.05) is 30.3 Å². The van der Waals surface area contributed by atoms with Gasteiger partial charge in [-0.3, -0.25) is 0 Å². The second-order valence-corrected chi connectivity index (χ2v) is 5.16. The molecule has 1 aromatic heterocycles. The summed E-state index contributed by atoms with van der Waals surface area (Å²) >= 11 is 0. The summed E-state index contributed by atoms with van der Waals surface area (Å²) in [7, 11) is 1.84. The molecule has 2 rings (SSSR count). The van der Waals surface area contributed by atoms with Crippen molar-refractivity contribution in [2.24, 2.45) is 0 Å². The maximum Gasteiger partial charge on any atom is 0.358 e. The molecule has 1 N–H and O–H groups in total. The molecular formula is C16H19N3O3. The number of hydrogen-bond acceptors (Lipinski definition) is 5. The summed E-state index contributed by atoms with van der Waals surface area (Å²) in [4.78, 5) is 21.3. The molecule has 6 heteroatoms. The molecule has 116 valence electrons. The number of hydrogen-bond donors (Lipinski definition) is 1. The predicted octanol–water partition coefficient (Wildman–Crippen LogP) is 2.60. The van der Waals surface area contributed by atoms with E-state index in [1.165, 1.54) is 6.33 Å². The molecule has 0 saturated carbocycles. The van der Waals surface area contributed by atoms with Gasteiger partial charge in [0, 0.05) is 13.1 Å². The van der Waals surface area contributed by atoms with Crippen LogP contribution in [-0.4, -0.2) is 34.1 Å². The first kappa shape index (κ1) is 15.8. The first-order chi connectivity index (χ1) is 10.5. The number of benzene rings is 1. The zero-order valence-electron chi connectivity index (χ0n) is 12.9. The first-order valence-corrected chi connectivity index (χ1v) is 6.98. The summed E-state index contributed by atoms with van der Waals surface area (Å²) in [5.74, 6) is -0.475. The van der Waals surface area contributed by atoms with E-state index in [4.69, 9.17) is 4.74 Å². The molecule has 0 unspecified atom stereocenters. The minimum Gasteiger partial charge on any atom is -0.483 e. The van der Waals surface area contributed by atoms with Crippen LogP contribution in [0, 0.1) is 0 Å². The Morgan fingerprint density at radius 3 is 2.55 bits per heavy atom. The van der Waals surface area contributed by atoms with Gasteiger partial charge in [0.1, 0.15) is 12.9 Å². The Kier molecular flexibility index (Phi) is 4.93. The van der Waals surface area contributed by atoms with E-state index in [2.05, 4.69) is 9.97 Å². The van der Waals surface area contributed by atoms with Gasteiger partial charge in [0.25, 0.3) is 0 Å². The third kappa shape index (κ3) is 3.52. The highest BCUT2D eigenvalue weighted by Gasteiger charge is 2.22. The van der Waals surface area contributed by atoms with Crippen LogP contribution in [0.2, 0.25) is 0 Å². The molecule has 2 aromatic rings. The Bertz CT molecular complexity index is 644. The molecular weight excluding hydrogens is 282 g/mol.